The maximum Gasteiger partial charge on any atom is 0.240 e. The van der Waals surface area contributed by atoms with Gasteiger partial charge in [0.15, 0.2) is 5.89 Å². The van der Waals surface area contributed by atoms with Crippen molar-refractivity contribution >= 4 is 11.8 Å². The van der Waals surface area contributed by atoms with E-state index < -0.39 is 11.9 Å². The predicted molar refractivity (Wildman–Crippen MR) is 83.6 cm³/mol. The molecule has 0 unspecified atom stereocenters. The molecule has 2 atom stereocenters. The molecule has 23 heavy (non-hydrogen) atoms. The summed E-state index contributed by atoms with van der Waals surface area (Å²) < 4.78 is 10.9. The Morgan fingerprint density at radius 1 is 1.48 bits per heavy atom. The molecule has 1 aliphatic rings. The van der Waals surface area contributed by atoms with Gasteiger partial charge in [-0.3, -0.25) is 9.59 Å². The summed E-state index contributed by atoms with van der Waals surface area (Å²) in [5.41, 5.74) is 5.26. The summed E-state index contributed by atoms with van der Waals surface area (Å²) >= 11 is 0. The maximum atomic E-state index is 12.4. The molecule has 1 saturated heterocycles. The molecule has 0 bridgehead atoms. The van der Waals surface area contributed by atoms with Gasteiger partial charge < -0.3 is 19.8 Å². The topological polar surface area (TPSA) is 98.7 Å². The molecule has 0 saturated carbocycles. The molecule has 128 valence electrons. The number of aromatic nitrogens is 1. The van der Waals surface area contributed by atoms with Gasteiger partial charge >= 0.3 is 0 Å². The average molecular weight is 323 g/mol. The predicted octanol–water partition coefficient (Wildman–Crippen LogP) is 1.01. The lowest BCUT2D eigenvalue weighted by Gasteiger charge is -2.21. The molecule has 0 spiro atoms. The number of methoxy groups -OCH3 is 1. The molecule has 1 aliphatic heterocycles. The highest BCUT2D eigenvalue weighted by atomic mass is 16.5. The van der Waals surface area contributed by atoms with E-state index in [1.165, 1.54) is 4.90 Å². The highest BCUT2D eigenvalue weighted by Crippen LogP contribution is 2.24. The van der Waals surface area contributed by atoms with E-state index in [0.29, 0.717) is 25.3 Å². The van der Waals surface area contributed by atoms with Gasteiger partial charge in [-0.05, 0) is 0 Å². The van der Waals surface area contributed by atoms with Crippen molar-refractivity contribution in [3.63, 3.8) is 0 Å². The monoisotopic (exact) mass is 323 g/mol. The number of ether oxygens (including phenoxy) is 1. The van der Waals surface area contributed by atoms with Crippen LogP contribution in [0.3, 0.4) is 0 Å². The zero-order chi connectivity index (χ0) is 17.2. The van der Waals surface area contributed by atoms with Gasteiger partial charge in [0.05, 0.1) is 12.3 Å². The van der Waals surface area contributed by atoms with Gasteiger partial charge in [0.1, 0.15) is 11.8 Å². The number of hydrogen-bond acceptors (Lipinski definition) is 5. The number of hydrogen-bond donors (Lipinski definition) is 1. The molecule has 7 heteroatoms. The Bertz CT molecular complexity index is 576. The minimum atomic E-state index is -0.595. The standard InChI is InChI=1S/C16H25N3O4/c1-16(2,3)12-8-18-13(23-12)5-6-14(20)19-9-10(22-4)7-11(19)15(17)21/h8,10-11H,5-7,9H2,1-4H3,(H2,17,21)/t10-,11-/m0/s1. The van der Waals surface area contributed by atoms with E-state index in [1.54, 1.807) is 13.3 Å². The van der Waals surface area contributed by atoms with Crippen molar-refractivity contribution < 1.29 is 18.7 Å². The third-order valence-electron chi connectivity index (χ3n) is 4.09. The SMILES string of the molecule is CO[C@H]1C[C@@H](C(N)=O)N(C(=O)CCc2ncc(C(C)(C)C)o2)C1. The number of carbonyl (C=O) groups excluding carboxylic acids is 2. The Labute approximate surface area is 136 Å². The van der Waals surface area contributed by atoms with Crippen molar-refractivity contribution in [3.8, 4) is 0 Å². The molecule has 2 heterocycles. The highest BCUT2D eigenvalue weighted by molar-refractivity contribution is 5.87. The van der Waals surface area contributed by atoms with Crippen molar-refractivity contribution in [3.05, 3.63) is 17.8 Å². The fourth-order valence-electron chi connectivity index (χ4n) is 2.64. The van der Waals surface area contributed by atoms with Crippen LogP contribution in [0.2, 0.25) is 0 Å². The lowest BCUT2D eigenvalue weighted by atomic mass is 9.94. The van der Waals surface area contributed by atoms with E-state index in [0.717, 1.165) is 5.76 Å². The van der Waals surface area contributed by atoms with Crippen LogP contribution in [0.1, 0.15) is 45.3 Å². The van der Waals surface area contributed by atoms with E-state index in [-0.39, 0.29) is 23.8 Å². The summed E-state index contributed by atoms with van der Waals surface area (Å²) in [4.78, 5) is 29.6. The van der Waals surface area contributed by atoms with Crippen LogP contribution in [-0.2, 0) is 26.2 Å². The summed E-state index contributed by atoms with van der Waals surface area (Å²) in [6, 6.07) is -0.595. The lowest BCUT2D eigenvalue weighted by Crippen LogP contribution is -2.43. The first-order chi connectivity index (χ1) is 10.7. The third kappa shape index (κ3) is 4.10. The van der Waals surface area contributed by atoms with Crippen LogP contribution in [0.5, 0.6) is 0 Å². The van der Waals surface area contributed by atoms with E-state index in [4.69, 9.17) is 14.9 Å². The molecule has 2 N–H and O–H groups in total. The second-order valence-corrected chi connectivity index (χ2v) is 6.93. The number of oxazole rings is 1. The van der Waals surface area contributed by atoms with Crippen LogP contribution in [0, 0.1) is 0 Å². The van der Waals surface area contributed by atoms with Crippen molar-refractivity contribution in [1.82, 2.24) is 9.88 Å². The van der Waals surface area contributed by atoms with Gasteiger partial charge in [-0.25, -0.2) is 4.98 Å². The number of likely N-dealkylation sites (tertiary alicyclic amines) is 1. The Morgan fingerprint density at radius 3 is 2.70 bits per heavy atom. The van der Waals surface area contributed by atoms with E-state index >= 15 is 0 Å². The van der Waals surface area contributed by atoms with Crippen LogP contribution in [0.4, 0.5) is 0 Å². The molecule has 1 aromatic heterocycles. The Hall–Kier alpha value is -1.89. The first-order valence-electron chi connectivity index (χ1n) is 7.79. The molecule has 0 aromatic carbocycles. The van der Waals surface area contributed by atoms with Gasteiger partial charge in [0, 0.05) is 38.3 Å². The first-order valence-corrected chi connectivity index (χ1v) is 7.79. The zero-order valence-electron chi connectivity index (χ0n) is 14.2. The van der Waals surface area contributed by atoms with Gasteiger partial charge in [0.2, 0.25) is 11.8 Å². The first kappa shape index (κ1) is 17.5. The summed E-state index contributed by atoms with van der Waals surface area (Å²) in [6.45, 7) is 6.50. The van der Waals surface area contributed by atoms with Crippen LogP contribution in [0.25, 0.3) is 0 Å². The van der Waals surface area contributed by atoms with Gasteiger partial charge in [-0.15, -0.1) is 0 Å². The molecular weight excluding hydrogens is 298 g/mol. The van der Waals surface area contributed by atoms with Crippen molar-refractivity contribution in [1.29, 1.82) is 0 Å². The normalized spacial score (nSPS) is 21.7. The van der Waals surface area contributed by atoms with E-state index in [1.807, 2.05) is 20.8 Å². The summed E-state index contributed by atoms with van der Waals surface area (Å²) in [6.07, 6.45) is 2.62. The average Bonchev–Trinajstić information content (AvgIpc) is 3.10. The van der Waals surface area contributed by atoms with Crippen LogP contribution in [0.15, 0.2) is 10.6 Å². The zero-order valence-corrected chi connectivity index (χ0v) is 14.2. The summed E-state index contributed by atoms with van der Waals surface area (Å²) in [5, 5.41) is 0. The molecule has 1 aromatic rings. The Morgan fingerprint density at radius 2 is 2.17 bits per heavy atom. The quantitative estimate of drug-likeness (QED) is 0.872. The van der Waals surface area contributed by atoms with Gasteiger partial charge in [0.25, 0.3) is 0 Å². The number of primary amides is 1. The van der Waals surface area contributed by atoms with Crippen molar-refractivity contribution in [2.24, 2.45) is 5.73 Å². The molecule has 1 fully saturated rings. The lowest BCUT2D eigenvalue weighted by molar-refractivity contribution is -0.137. The Balaban J connectivity index is 1.96. The molecule has 0 aliphatic carbocycles. The second-order valence-electron chi connectivity index (χ2n) is 6.93. The maximum absolute atomic E-state index is 12.4. The number of nitrogens with zero attached hydrogens (tertiary/aromatic N) is 2. The molecule has 2 amide bonds. The third-order valence-corrected chi connectivity index (χ3v) is 4.09. The van der Waals surface area contributed by atoms with Crippen molar-refractivity contribution in [2.75, 3.05) is 13.7 Å². The molecule has 0 radical (unpaired) electrons. The van der Waals surface area contributed by atoms with Crippen LogP contribution >= 0.6 is 0 Å². The minimum absolute atomic E-state index is 0.118. The molecular formula is C16H25N3O4. The van der Waals surface area contributed by atoms with Gasteiger partial charge in [-0.1, -0.05) is 20.8 Å². The number of carbonyl (C=O) groups is 2. The second kappa shape index (κ2) is 6.70. The molecule has 2 rings (SSSR count). The largest absolute Gasteiger partial charge is 0.445 e. The highest BCUT2D eigenvalue weighted by Gasteiger charge is 2.38. The van der Waals surface area contributed by atoms with E-state index in [9.17, 15) is 9.59 Å². The van der Waals surface area contributed by atoms with Crippen molar-refractivity contribution in [2.45, 2.75) is 57.6 Å². The number of rotatable bonds is 5. The smallest absolute Gasteiger partial charge is 0.240 e. The summed E-state index contributed by atoms with van der Waals surface area (Å²) in [7, 11) is 1.57. The Kier molecular flexibility index (Phi) is 5.09. The number of aryl methyl sites for hydroxylation is 1. The van der Waals surface area contributed by atoms with Crippen LogP contribution < -0.4 is 5.73 Å². The summed E-state index contributed by atoms with van der Waals surface area (Å²) in [5.74, 6) is 0.685. The van der Waals surface area contributed by atoms with Crippen LogP contribution in [-0.4, -0.2) is 47.5 Å². The fourth-order valence-corrected chi connectivity index (χ4v) is 2.64. The van der Waals surface area contributed by atoms with E-state index in [2.05, 4.69) is 4.98 Å². The van der Waals surface area contributed by atoms with Gasteiger partial charge in [-0.2, -0.15) is 0 Å². The molecule has 7 nitrogen and oxygen atoms in total. The fraction of sp³-hybridized carbons (Fsp3) is 0.688. The minimum Gasteiger partial charge on any atom is -0.445 e. The number of nitrogens with two attached hydrogens (primary N) is 1. The number of amides is 2.